The van der Waals surface area contributed by atoms with Crippen LogP contribution in [-0.2, 0) is 23.8 Å². The number of fused-ring (bicyclic) bond motifs is 1. The van der Waals surface area contributed by atoms with E-state index in [9.17, 15) is 14.7 Å². The molecule has 7 rings (SSSR count). The molecule has 7 fully saturated rings. The third-order valence-electron chi connectivity index (χ3n) is 9.39. The predicted molar refractivity (Wildman–Crippen MR) is 101 cm³/mol. The summed E-state index contributed by atoms with van der Waals surface area (Å²) in [6.07, 6.45) is 1.12. The summed E-state index contributed by atoms with van der Waals surface area (Å²) in [5.74, 6) is -3.20. The molecule has 4 bridgehead atoms. The molecule has 4 saturated carbocycles. The Morgan fingerprint density at radius 3 is 2.59 bits per heavy atom. The highest BCUT2D eigenvalue weighted by Gasteiger charge is 2.90. The van der Waals surface area contributed by atoms with Crippen molar-refractivity contribution in [2.24, 2.45) is 34.0 Å². The van der Waals surface area contributed by atoms with Crippen LogP contribution in [0.3, 0.4) is 0 Å². The van der Waals surface area contributed by atoms with Gasteiger partial charge in [-0.3, -0.25) is 9.59 Å². The maximum Gasteiger partial charge on any atom is 0.213 e. The minimum atomic E-state index is -1.50. The minimum Gasteiger partial charge on any atom is -0.387 e. The second kappa shape index (κ2) is 4.87. The Labute approximate surface area is 171 Å². The first kappa shape index (κ1) is 18.7. The Balaban J connectivity index is 1.69. The smallest absolute Gasteiger partial charge is 0.213 e. The van der Waals surface area contributed by atoms with Crippen LogP contribution < -0.4 is 0 Å². The summed E-state index contributed by atoms with van der Waals surface area (Å²) in [5.41, 5.74) is -1.79. The Morgan fingerprint density at radius 1 is 1.14 bits per heavy atom. The molecule has 8 atom stereocenters. The van der Waals surface area contributed by atoms with Crippen molar-refractivity contribution in [1.29, 1.82) is 0 Å². The number of ketones is 2. The molecule has 3 saturated heterocycles. The quantitative estimate of drug-likeness (QED) is 0.627. The number of hydrogen-bond donors (Lipinski definition) is 1. The fourth-order valence-electron chi connectivity index (χ4n) is 8.61. The van der Waals surface area contributed by atoms with Crippen LogP contribution in [0, 0.1) is 34.0 Å². The molecule has 0 amide bonds. The second-order valence-electron chi connectivity index (χ2n) is 11.3. The first-order valence-corrected chi connectivity index (χ1v) is 10.9. The van der Waals surface area contributed by atoms with Gasteiger partial charge in [-0.15, -0.1) is 0 Å². The van der Waals surface area contributed by atoms with E-state index in [1.165, 1.54) is 0 Å². The fourth-order valence-corrected chi connectivity index (χ4v) is 8.61. The summed E-state index contributed by atoms with van der Waals surface area (Å²) in [6, 6.07) is 0. The van der Waals surface area contributed by atoms with E-state index in [1.54, 1.807) is 0 Å². The summed E-state index contributed by atoms with van der Waals surface area (Å²) < 4.78 is 19.2. The molecule has 7 aliphatic rings. The van der Waals surface area contributed by atoms with Crippen LogP contribution in [0.2, 0.25) is 0 Å². The molecule has 0 aromatic carbocycles. The van der Waals surface area contributed by atoms with Gasteiger partial charge in [0.25, 0.3) is 0 Å². The number of rotatable bonds is 0. The standard InChI is InChI=1S/C23H30O6/c1-11-12-6-7-13-21-10-27-23(17(26)15(21)19(2,3)9-8-14(21)24)22(13,16(11)25)18(12)28-20(4,5)29-23/h12-13,15,17-18,26H,1,6-10H2,2-5H3/t12-,13?,15+,17-,18+,21+,22-,23?/m0/s1. The van der Waals surface area contributed by atoms with E-state index >= 15 is 0 Å². The van der Waals surface area contributed by atoms with Gasteiger partial charge in [-0.2, -0.15) is 0 Å². The van der Waals surface area contributed by atoms with Gasteiger partial charge in [0.1, 0.15) is 17.3 Å². The molecule has 0 aromatic heterocycles. The monoisotopic (exact) mass is 402 g/mol. The van der Waals surface area contributed by atoms with Crippen molar-refractivity contribution in [2.75, 3.05) is 6.61 Å². The highest BCUT2D eigenvalue weighted by molar-refractivity contribution is 6.06. The molecular formula is C23H30O6. The lowest BCUT2D eigenvalue weighted by Gasteiger charge is -2.76. The normalized spacial score (nSPS) is 56.2. The van der Waals surface area contributed by atoms with E-state index in [4.69, 9.17) is 14.2 Å². The second-order valence-corrected chi connectivity index (χ2v) is 11.3. The molecule has 3 aliphatic heterocycles. The molecular weight excluding hydrogens is 372 g/mol. The van der Waals surface area contributed by atoms with Crippen molar-refractivity contribution in [2.45, 2.75) is 77.2 Å². The van der Waals surface area contributed by atoms with Gasteiger partial charge in [-0.05, 0) is 50.0 Å². The maximum atomic E-state index is 13.9. The third kappa shape index (κ3) is 1.64. The van der Waals surface area contributed by atoms with Crippen molar-refractivity contribution in [3.05, 3.63) is 12.2 Å². The molecule has 2 unspecified atom stereocenters. The van der Waals surface area contributed by atoms with Gasteiger partial charge in [0.2, 0.25) is 5.79 Å². The zero-order chi connectivity index (χ0) is 20.8. The molecule has 29 heavy (non-hydrogen) atoms. The average molecular weight is 402 g/mol. The molecule has 3 spiro atoms. The summed E-state index contributed by atoms with van der Waals surface area (Å²) in [5, 5.41) is 11.9. The first-order chi connectivity index (χ1) is 13.5. The number of carbonyl (C=O) groups excluding carboxylic acids is 2. The van der Waals surface area contributed by atoms with E-state index < -0.39 is 34.6 Å². The molecule has 6 heteroatoms. The van der Waals surface area contributed by atoms with E-state index in [0.717, 1.165) is 19.3 Å². The average Bonchev–Trinajstić information content (AvgIpc) is 2.75. The topological polar surface area (TPSA) is 82.1 Å². The summed E-state index contributed by atoms with van der Waals surface area (Å²) >= 11 is 0. The lowest BCUT2D eigenvalue weighted by Crippen LogP contribution is -2.88. The number of aliphatic hydroxyl groups excluding tert-OH is 1. The van der Waals surface area contributed by atoms with Crippen molar-refractivity contribution in [3.63, 3.8) is 0 Å². The lowest BCUT2D eigenvalue weighted by molar-refractivity contribution is -0.523. The number of Topliss-reactive ketones (excluding diaryl/α,β-unsaturated/α-hetero) is 2. The molecule has 0 aromatic rings. The predicted octanol–water partition coefficient (Wildman–Crippen LogP) is 2.38. The Hall–Kier alpha value is -1.08. The number of carbonyl (C=O) groups is 2. The summed E-state index contributed by atoms with van der Waals surface area (Å²) in [4.78, 5) is 27.5. The van der Waals surface area contributed by atoms with Crippen LogP contribution in [0.15, 0.2) is 12.2 Å². The highest BCUT2D eigenvalue weighted by Crippen LogP contribution is 2.78. The summed E-state index contributed by atoms with van der Waals surface area (Å²) in [6.45, 7) is 12.2. The lowest BCUT2D eigenvalue weighted by atomic mass is 9.35. The zero-order valence-electron chi connectivity index (χ0n) is 17.6. The van der Waals surface area contributed by atoms with E-state index in [1.807, 2.05) is 13.8 Å². The number of hydrogen-bond acceptors (Lipinski definition) is 6. The van der Waals surface area contributed by atoms with Crippen molar-refractivity contribution >= 4 is 11.6 Å². The highest BCUT2D eigenvalue weighted by atomic mass is 16.8. The van der Waals surface area contributed by atoms with Crippen LogP contribution in [0.4, 0.5) is 0 Å². The first-order valence-electron chi connectivity index (χ1n) is 10.9. The Bertz CT molecular complexity index is 875. The van der Waals surface area contributed by atoms with Crippen molar-refractivity contribution < 1.29 is 28.9 Å². The number of aliphatic hydroxyl groups is 1. The van der Waals surface area contributed by atoms with Gasteiger partial charge in [-0.25, -0.2) is 0 Å². The molecule has 6 nitrogen and oxygen atoms in total. The number of ether oxygens (including phenoxy) is 3. The zero-order valence-corrected chi connectivity index (χ0v) is 17.6. The molecule has 1 N–H and O–H groups in total. The van der Waals surface area contributed by atoms with Crippen molar-refractivity contribution in [3.8, 4) is 0 Å². The van der Waals surface area contributed by atoms with Gasteiger partial charge in [0.05, 0.1) is 18.1 Å². The van der Waals surface area contributed by atoms with E-state index in [2.05, 4.69) is 20.4 Å². The maximum absolute atomic E-state index is 13.9. The molecule has 0 radical (unpaired) electrons. The van der Waals surface area contributed by atoms with Gasteiger partial charge in [-0.1, -0.05) is 20.4 Å². The fraction of sp³-hybridized carbons (Fsp3) is 0.826. The Morgan fingerprint density at radius 2 is 1.86 bits per heavy atom. The van der Waals surface area contributed by atoms with Crippen LogP contribution >= 0.6 is 0 Å². The van der Waals surface area contributed by atoms with Gasteiger partial charge < -0.3 is 19.3 Å². The Kier molecular flexibility index (Phi) is 3.14. The molecule has 3 heterocycles. The molecule has 4 aliphatic carbocycles. The molecule has 158 valence electrons. The van der Waals surface area contributed by atoms with Crippen molar-refractivity contribution in [1.82, 2.24) is 0 Å². The SMILES string of the molecule is C=C1C(=O)[C@@]23C4CC[C@@H]1[C@H]2OC(C)(C)OC31OC[C@]42C(=O)CCC(C)(C)[C@H]2[C@@H]1O. The summed E-state index contributed by atoms with van der Waals surface area (Å²) in [7, 11) is 0. The minimum absolute atomic E-state index is 0.115. The largest absolute Gasteiger partial charge is 0.387 e. The van der Waals surface area contributed by atoms with Gasteiger partial charge in [0, 0.05) is 18.3 Å². The van der Waals surface area contributed by atoms with Gasteiger partial charge in [0.15, 0.2) is 11.6 Å². The van der Waals surface area contributed by atoms with E-state index in [-0.39, 0.29) is 41.3 Å². The third-order valence-corrected chi connectivity index (χ3v) is 9.39. The van der Waals surface area contributed by atoms with Crippen LogP contribution in [-0.4, -0.2) is 47.1 Å². The van der Waals surface area contributed by atoms with Gasteiger partial charge >= 0.3 is 0 Å². The van der Waals surface area contributed by atoms with Crippen LogP contribution in [0.25, 0.3) is 0 Å². The van der Waals surface area contributed by atoms with E-state index in [0.29, 0.717) is 12.0 Å². The van der Waals surface area contributed by atoms with Crippen LogP contribution in [0.5, 0.6) is 0 Å². The van der Waals surface area contributed by atoms with Crippen LogP contribution in [0.1, 0.15) is 53.4 Å².